The fourth-order valence-corrected chi connectivity index (χ4v) is 5.60. The predicted octanol–water partition coefficient (Wildman–Crippen LogP) is 3.32. The normalized spacial score (nSPS) is 15.7. The fraction of sp³-hybridized carbons (Fsp3) is 0.333. The lowest BCUT2D eigenvalue weighted by atomic mass is 9.85. The minimum absolute atomic E-state index is 0.419. The molecule has 7 nitrogen and oxygen atoms in total. The summed E-state index contributed by atoms with van der Waals surface area (Å²) in [5.74, 6) is 0. The van der Waals surface area contributed by atoms with Crippen LogP contribution in [0.25, 0.3) is 10.9 Å². The topological polar surface area (TPSA) is 93.1 Å². The fourth-order valence-electron chi connectivity index (χ4n) is 4.63. The number of carbonyl (C=O) groups excluding carboxylic acids is 1. The third kappa shape index (κ3) is 3.17. The number of benzene rings is 2. The van der Waals surface area contributed by atoms with E-state index in [0.717, 1.165) is 60.3 Å². The maximum atomic E-state index is 12.7. The van der Waals surface area contributed by atoms with Gasteiger partial charge >= 0.3 is 16.2 Å². The highest BCUT2D eigenvalue weighted by Crippen LogP contribution is 2.37. The molecule has 2 N–H and O–H groups in total. The van der Waals surface area contributed by atoms with Gasteiger partial charge in [-0.2, -0.15) is 13.5 Å². The van der Waals surface area contributed by atoms with Gasteiger partial charge in [-0.25, -0.2) is 9.52 Å². The van der Waals surface area contributed by atoms with Gasteiger partial charge in [0.2, 0.25) is 0 Å². The molecular weight excluding hydrogens is 388 g/mol. The minimum Gasteiger partial charge on any atom is -0.307 e. The highest BCUT2D eigenvalue weighted by molar-refractivity contribution is 7.88. The molecule has 150 valence electrons. The molecule has 0 spiro atoms. The summed E-state index contributed by atoms with van der Waals surface area (Å²) in [5.41, 5.74) is 6.40. The molecular formula is C21H22N4O3S. The van der Waals surface area contributed by atoms with E-state index < -0.39 is 16.2 Å². The quantitative estimate of drug-likeness (QED) is 0.693. The molecule has 0 fully saturated rings. The summed E-state index contributed by atoms with van der Waals surface area (Å²) in [6.45, 7) is 0. The molecule has 2 aliphatic carbocycles. The van der Waals surface area contributed by atoms with Gasteiger partial charge in [-0.1, -0.05) is 18.2 Å². The second-order valence-corrected chi connectivity index (χ2v) is 9.19. The average Bonchev–Trinajstić information content (AvgIpc) is 3.35. The van der Waals surface area contributed by atoms with Gasteiger partial charge in [0.05, 0.1) is 11.7 Å². The molecule has 0 atom stereocenters. The number of hydrogen-bond acceptors (Lipinski definition) is 4. The molecule has 1 aromatic heterocycles. The van der Waals surface area contributed by atoms with Crippen molar-refractivity contribution in [1.82, 2.24) is 13.9 Å². The number of aromatic nitrogens is 2. The van der Waals surface area contributed by atoms with Crippen LogP contribution in [0.2, 0.25) is 0 Å². The van der Waals surface area contributed by atoms with Gasteiger partial charge in [-0.05, 0) is 79.3 Å². The van der Waals surface area contributed by atoms with Crippen molar-refractivity contribution in [3.8, 4) is 0 Å². The maximum Gasteiger partial charge on any atom is 0.347 e. The van der Waals surface area contributed by atoms with Gasteiger partial charge in [-0.15, -0.1) is 4.09 Å². The number of amides is 2. The average molecular weight is 410 g/mol. The zero-order valence-electron chi connectivity index (χ0n) is 15.9. The van der Waals surface area contributed by atoms with E-state index in [1.54, 1.807) is 24.3 Å². The van der Waals surface area contributed by atoms with Crippen LogP contribution in [0, 0.1) is 0 Å². The van der Waals surface area contributed by atoms with Crippen LogP contribution in [-0.4, -0.2) is 23.6 Å². The van der Waals surface area contributed by atoms with Crippen LogP contribution in [-0.2, 0) is 35.9 Å². The van der Waals surface area contributed by atoms with Crippen molar-refractivity contribution in [1.29, 1.82) is 0 Å². The van der Waals surface area contributed by atoms with E-state index in [2.05, 4.69) is 15.1 Å². The molecule has 2 aromatic carbocycles. The highest BCUT2D eigenvalue weighted by Gasteiger charge is 2.25. The molecule has 0 aliphatic heterocycles. The molecule has 0 bridgehead atoms. The monoisotopic (exact) mass is 410 g/mol. The van der Waals surface area contributed by atoms with Crippen molar-refractivity contribution in [3.05, 3.63) is 58.8 Å². The number of para-hydroxylation sites is 1. The first-order valence-electron chi connectivity index (χ1n) is 9.96. The lowest BCUT2D eigenvalue weighted by Crippen LogP contribution is -2.38. The minimum atomic E-state index is -4.15. The van der Waals surface area contributed by atoms with Crippen molar-refractivity contribution in [3.63, 3.8) is 0 Å². The van der Waals surface area contributed by atoms with Crippen molar-refractivity contribution in [2.75, 3.05) is 5.32 Å². The summed E-state index contributed by atoms with van der Waals surface area (Å²) in [6.07, 6.45) is 8.90. The Kier molecular flexibility index (Phi) is 4.31. The lowest BCUT2D eigenvalue weighted by molar-refractivity contribution is 0.256. The van der Waals surface area contributed by atoms with Crippen LogP contribution in [0.1, 0.15) is 41.5 Å². The molecule has 3 aromatic rings. The lowest BCUT2D eigenvalue weighted by Gasteiger charge is -2.23. The number of urea groups is 1. The summed E-state index contributed by atoms with van der Waals surface area (Å²) in [5, 5.41) is 7.41. The summed E-state index contributed by atoms with van der Waals surface area (Å²) < 4.78 is 28.4. The Morgan fingerprint density at radius 3 is 2.59 bits per heavy atom. The van der Waals surface area contributed by atoms with Crippen LogP contribution in [0.15, 0.2) is 36.5 Å². The second-order valence-electron chi connectivity index (χ2n) is 7.69. The summed E-state index contributed by atoms with van der Waals surface area (Å²) >= 11 is 0. The van der Waals surface area contributed by atoms with E-state index >= 15 is 0 Å². The van der Waals surface area contributed by atoms with Gasteiger partial charge < -0.3 is 5.32 Å². The molecule has 1 heterocycles. The van der Waals surface area contributed by atoms with Crippen molar-refractivity contribution in [2.45, 2.75) is 44.9 Å². The van der Waals surface area contributed by atoms with Crippen LogP contribution in [0.3, 0.4) is 0 Å². The Bertz CT molecular complexity index is 1230. The first-order valence-corrected chi connectivity index (χ1v) is 11.4. The summed E-state index contributed by atoms with van der Waals surface area (Å²) in [4.78, 5) is 12.6. The van der Waals surface area contributed by atoms with E-state index in [1.807, 2.05) is 6.07 Å². The number of carbonyl (C=O) groups is 1. The number of nitrogens with one attached hydrogen (secondary N) is 2. The van der Waals surface area contributed by atoms with Gasteiger partial charge in [0.25, 0.3) is 0 Å². The van der Waals surface area contributed by atoms with Gasteiger partial charge in [0.15, 0.2) is 0 Å². The smallest absolute Gasteiger partial charge is 0.307 e. The maximum absolute atomic E-state index is 12.7. The van der Waals surface area contributed by atoms with Gasteiger partial charge in [-0.3, -0.25) is 0 Å². The molecule has 2 aliphatic rings. The molecule has 0 saturated heterocycles. The number of rotatable bonds is 3. The van der Waals surface area contributed by atoms with Crippen LogP contribution < -0.4 is 10.0 Å². The second kappa shape index (κ2) is 6.88. The van der Waals surface area contributed by atoms with E-state index in [9.17, 15) is 13.2 Å². The van der Waals surface area contributed by atoms with Crippen molar-refractivity contribution in [2.24, 2.45) is 0 Å². The Labute approximate surface area is 169 Å². The van der Waals surface area contributed by atoms with Crippen molar-refractivity contribution < 1.29 is 13.2 Å². The molecule has 8 heteroatoms. The van der Waals surface area contributed by atoms with E-state index in [1.165, 1.54) is 22.9 Å². The first-order chi connectivity index (χ1) is 14.0. The van der Waals surface area contributed by atoms with E-state index in [4.69, 9.17) is 0 Å². The highest BCUT2D eigenvalue weighted by atomic mass is 32.2. The van der Waals surface area contributed by atoms with E-state index in [0.29, 0.717) is 10.9 Å². The Morgan fingerprint density at radius 2 is 1.72 bits per heavy atom. The van der Waals surface area contributed by atoms with Crippen LogP contribution >= 0.6 is 0 Å². The number of fused-ring (bicyclic) bond motifs is 4. The molecule has 5 rings (SSSR count). The van der Waals surface area contributed by atoms with Crippen molar-refractivity contribution >= 4 is 32.8 Å². The Morgan fingerprint density at radius 1 is 0.966 bits per heavy atom. The van der Waals surface area contributed by atoms with Crippen LogP contribution in [0.4, 0.5) is 10.5 Å². The number of anilines is 1. The molecule has 0 saturated carbocycles. The Hall–Kier alpha value is -2.87. The SMILES string of the molecule is O=C(Nc1cc2c(c3c1CCCC3)CCC2)NS(=O)(=O)n1ncc2ccccc21. The number of aryl methyl sites for hydroxylation is 1. The first kappa shape index (κ1) is 18.2. The number of hydrogen-bond donors (Lipinski definition) is 2. The summed E-state index contributed by atoms with van der Waals surface area (Å²) in [7, 11) is -4.15. The number of nitrogens with zero attached hydrogens (tertiary/aromatic N) is 2. The van der Waals surface area contributed by atoms with Crippen LogP contribution in [0.5, 0.6) is 0 Å². The molecule has 2 amide bonds. The predicted molar refractivity (Wildman–Crippen MR) is 111 cm³/mol. The van der Waals surface area contributed by atoms with Gasteiger partial charge in [0.1, 0.15) is 0 Å². The zero-order valence-corrected chi connectivity index (χ0v) is 16.8. The van der Waals surface area contributed by atoms with Gasteiger partial charge in [0, 0.05) is 11.1 Å². The third-order valence-corrected chi connectivity index (χ3v) is 7.07. The zero-order chi connectivity index (χ0) is 20.0. The summed E-state index contributed by atoms with van der Waals surface area (Å²) in [6, 6.07) is 8.21. The van der Waals surface area contributed by atoms with E-state index in [-0.39, 0.29) is 0 Å². The Balaban J connectivity index is 1.43. The third-order valence-electron chi connectivity index (χ3n) is 5.88. The largest absolute Gasteiger partial charge is 0.347 e. The molecule has 29 heavy (non-hydrogen) atoms. The standard InChI is InChI=1S/C21H22N4O3S/c26-21(24-29(27,28)25-20-11-4-1-6-15(20)13-22-25)23-19-12-14-7-5-10-16(14)17-8-2-3-9-18(17)19/h1,4,6,11-13H,2-3,5,7-10H2,(H2,23,24,26). The molecule has 0 radical (unpaired) electrons. The molecule has 0 unspecified atom stereocenters.